The van der Waals surface area contributed by atoms with Gasteiger partial charge >= 0.3 is 6.18 Å². The van der Waals surface area contributed by atoms with Gasteiger partial charge in [-0.1, -0.05) is 19.1 Å². The molecule has 10 heteroatoms. The van der Waals surface area contributed by atoms with Crippen molar-refractivity contribution in [3.05, 3.63) is 29.3 Å². The summed E-state index contributed by atoms with van der Waals surface area (Å²) in [7, 11) is 0. The Morgan fingerprint density at radius 3 is 2.44 bits per heavy atom. The summed E-state index contributed by atoms with van der Waals surface area (Å²) in [4.78, 5) is 9.48. The van der Waals surface area contributed by atoms with Crippen LogP contribution in [0.1, 0.15) is 31.9 Å². The van der Waals surface area contributed by atoms with Crippen molar-refractivity contribution in [2.24, 2.45) is 4.99 Å². The van der Waals surface area contributed by atoms with Gasteiger partial charge < -0.3 is 20.3 Å². The van der Waals surface area contributed by atoms with Crippen LogP contribution in [0.3, 0.4) is 0 Å². The summed E-state index contributed by atoms with van der Waals surface area (Å²) in [5, 5.41) is 6.57. The summed E-state index contributed by atoms with van der Waals surface area (Å²) in [5.74, 6) is 0.864. The van der Waals surface area contributed by atoms with Crippen LogP contribution in [0.5, 0.6) is 5.75 Å². The number of aryl methyl sites for hydroxylation is 1. The second-order valence-corrected chi connectivity index (χ2v) is 7.91. The number of nitrogens with one attached hydrogen (secondary N) is 2. The Morgan fingerprint density at radius 2 is 1.84 bits per heavy atom. The number of nitrogens with zero attached hydrogens (tertiary/aromatic N) is 3. The van der Waals surface area contributed by atoms with E-state index in [0.29, 0.717) is 24.1 Å². The highest BCUT2D eigenvalue weighted by atomic mass is 127. The van der Waals surface area contributed by atoms with E-state index in [1.165, 1.54) is 0 Å². The molecule has 1 unspecified atom stereocenters. The van der Waals surface area contributed by atoms with Gasteiger partial charge in [-0.05, 0) is 38.9 Å². The molecule has 1 heterocycles. The van der Waals surface area contributed by atoms with Gasteiger partial charge in [-0.25, -0.2) is 4.99 Å². The van der Waals surface area contributed by atoms with Crippen molar-refractivity contribution in [1.82, 2.24) is 20.4 Å². The summed E-state index contributed by atoms with van der Waals surface area (Å²) in [6, 6.07) is 5.59. The molecule has 0 aromatic heterocycles. The van der Waals surface area contributed by atoms with Gasteiger partial charge in [0.25, 0.3) is 0 Å². The van der Waals surface area contributed by atoms with Crippen molar-refractivity contribution in [1.29, 1.82) is 0 Å². The van der Waals surface area contributed by atoms with Crippen molar-refractivity contribution >= 4 is 29.9 Å². The Balaban J connectivity index is 0.00000512. The normalized spacial score (nSPS) is 16.9. The van der Waals surface area contributed by atoms with E-state index in [0.717, 1.165) is 44.8 Å². The molecule has 2 rings (SSSR count). The summed E-state index contributed by atoms with van der Waals surface area (Å²) >= 11 is 0. The Kier molecular flexibility index (Phi) is 12.7. The molecule has 184 valence electrons. The first-order valence-electron chi connectivity index (χ1n) is 11.0. The Bertz CT molecular complexity index is 709. The second kappa shape index (κ2) is 14.1. The number of rotatable bonds is 9. The highest BCUT2D eigenvalue weighted by Crippen LogP contribution is 2.24. The van der Waals surface area contributed by atoms with Crippen LogP contribution in [-0.2, 0) is 6.54 Å². The van der Waals surface area contributed by atoms with Crippen molar-refractivity contribution < 1.29 is 17.9 Å². The maximum atomic E-state index is 12.6. The number of alkyl halides is 3. The van der Waals surface area contributed by atoms with E-state index >= 15 is 0 Å². The minimum absolute atomic E-state index is 0. The summed E-state index contributed by atoms with van der Waals surface area (Å²) in [6.45, 7) is 13.9. The third-order valence-corrected chi connectivity index (χ3v) is 5.41. The minimum Gasteiger partial charge on any atom is -0.484 e. The zero-order chi connectivity index (χ0) is 22.9. The van der Waals surface area contributed by atoms with Crippen LogP contribution in [0.2, 0.25) is 0 Å². The molecule has 2 N–H and O–H groups in total. The fourth-order valence-electron chi connectivity index (χ4n) is 3.49. The highest BCUT2D eigenvalue weighted by molar-refractivity contribution is 14.0. The Labute approximate surface area is 207 Å². The molecule has 1 aliphatic heterocycles. The van der Waals surface area contributed by atoms with Gasteiger partial charge in [0.1, 0.15) is 5.75 Å². The smallest absolute Gasteiger partial charge is 0.422 e. The third kappa shape index (κ3) is 10.1. The van der Waals surface area contributed by atoms with Gasteiger partial charge in [0.15, 0.2) is 12.6 Å². The molecule has 1 aromatic carbocycles. The predicted octanol–water partition coefficient (Wildman–Crippen LogP) is 3.64. The molecule has 0 aliphatic carbocycles. The van der Waals surface area contributed by atoms with Crippen molar-refractivity contribution in [2.75, 3.05) is 52.4 Å². The Morgan fingerprint density at radius 1 is 1.16 bits per heavy atom. The van der Waals surface area contributed by atoms with Crippen LogP contribution in [0.25, 0.3) is 0 Å². The number of hydrogen-bond acceptors (Lipinski definition) is 4. The zero-order valence-corrected chi connectivity index (χ0v) is 21.8. The van der Waals surface area contributed by atoms with E-state index < -0.39 is 12.8 Å². The molecular formula is C22H37F3IN5O. The lowest BCUT2D eigenvalue weighted by Crippen LogP contribution is -2.53. The first-order valence-corrected chi connectivity index (χ1v) is 11.0. The number of halogens is 4. The molecule has 0 spiro atoms. The van der Waals surface area contributed by atoms with E-state index in [2.05, 4.69) is 39.3 Å². The van der Waals surface area contributed by atoms with E-state index in [4.69, 9.17) is 4.74 Å². The molecule has 0 bridgehead atoms. The number of hydrogen-bond donors (Lipinski definition) is 2. The fraction of sp³-hybridized carbons (Fsp3) is 0.682. The molecule has 32 heavy (non-hydrogen) atoms. The van der Waals surface area contributed by atoms with Gasteiger partial charge in [0.2, 0.25) is 0 Å². The van der Waals surface area contributed by atoms with Crippen LogP contribution in [0.4, 0.5) is 13.2 Å². The first-order chi connectivity index (χ1) is 14.7. The van der Waals surface area contributed by atoms with Gasteiger partial charge in [-0.3, -0.25) is 4.90 Å². The maximum absolute atomic E-state index is 12.6. The largest absolute Gasteiger partial charge is 0.484 e. The number of ether oxygens (including phenoxy) is 1. The van der Waals surface area contributed by atoms with Crippen LogP contribution in [-0.4, -0.2) is 80.4 Å². The maximum Gasteiger partial charge on any atom is 0.422 e. The quantitative estimate of drug-likeness (QED) is 0.270. The van der Waals surface area contributed by atoms with E-state index in [9.17, 15) is 13.2 Å². The molecule has 1 aromatic rings. The number of benzene rings is 1. The predicted molar refractivity (Wildman–Crippen MR) is 134 cm³/mol. The molecule has 1 aliphatic rings. The van der Waals surface area contributed by atoms with Crippen molar-refractivity contribution in [3.8, 4) is 5.75 Å². The average molecular weight is 571 g/mol. The molecule has 0 radical (unpaired) electrons. The summed E-state index contributed by atoms with van der Waals surface area (Å²) < 4.78 is 42.8. The first kappa shape index (κ1) is 28.8. The van der Waals surface area contributed by atoms with Gasteiger partial charge in [0.05, 0.1) is 6.54 Å². The minimum atomic E-state index is -4.38. The van der Waals surface area contributed by atoms with E-state index in [1.807, 2.05) is 19.9 Å². The lowest BCUT2D eigenvalue weighted by Gasteiger charge is -2.37. The van der Waals surface area contributed by atoms with E-state index in [1.54, 1.807) is 12.1 Å². The Hall–Kier alpha value is -1.27. The van der Waals surface area contributed by atoms with Gasteiger partial charge in [0, 0.05) is 50.9 Å². The van der Waals surface area contributed by atoms with Crippen molar-refractivity contribution in [2.45, 2.75) is 46.5 Å². The summed E-state index contributed by atoms with van der Waals surface area (Å²) in [6.07, 6.45) is -4.38. The van der Waals surface area contributed by atoms with Gasteiger partial charge in [-0.15, -0.1) is 24.0 Å². The fourth-order valence-corrected chi connectivity index (χ4v) is 3.49. The molecular weight excluding hydrogens is 534 g/mol. The molecule has 1 fully saturated rings. The zero-order valence-electron chi connectivity index (χ0n) is 19.5. The van der Waals surface area contributed by atoms with Crippen LogP contribution < -0.4 is 15.4 Å². The third-order valence-electron chi connectivity index (χ3n) is 5.41. The van der Waals surface area contributed by atoms with Crippen LogP contribution in [0.15, 0.2) is 23.2 Å². The lowest BCUT2D eigenvalue weighted by atomic mass is 10.1. The molecule has 1 atom stereocenters. The lowest BCUT2D eigenvalue weighted by molar-refractivity contribution is -0.153. The van der Waals surface area contributed by atoms with Crippen LogP contribution >= 0.6 is 24.0 Å². The topological polar surface area (TPSA) is 52.1 Å². The van der Waals surface area contributed by atoms with Gasteiger partial charge in [-0.2, -0.15) is 13.2 Å². The standard InChI is InChI=1S/C22H36F3N5O.HI/c1-5-26-21(27-14-18(4)30-11-9-29(6-2)10-12-30)28-15-19-8-7-17(3)13-20(19)31-16-22(23,24)25;/h7-8,13,18H,5-6,9-12,14-16H2,1-4H3,(H2,26,27,28);1H. The molecule has 0 saturated carbocycles. The monoisotopic (exact) mass is 571 g/mol. The molecule has 1 saturated heterocycles. The van der Waals surface area contributed by atoms with Crippen molar-refractivity contribution in [3.63, 3.8) is 0 Å². The average Bonchev–Trinajstić information content (AvgIpc) is 2.74. The highest BCUT2D eigenvalue weighted by Gasteiger charge is 2.28. The summed E-state index contributed by atoms with van der Waals surface area (Å²) in [5.41, 5.74) is 1.46. The molecule has 6 nitrogen and oxygen atoms in total. The van der Waals surface area contributed by atoms with E-state index in [-0.39, 0.29) is 36.3 Å². The van der Waals surface area contributed by atoms with Crippen LogP contribution in [0, 0.1) is 6.92 Å². The number of guanidine groups is 1. The molecule has 0 amide bonds. The number of piperazine rings is 1. The SMILES string of the molecule is CCNC(=NCc1ccc(C)cc1OCC(F)(F)F)NCC(C)N1CCN(CC)CC1.I. The second-order valence-electron chi connectivity index (χ2n) is 7.91. The number of aliphatic imine (C=N–C) groups is 1. The number of likely N-dealkylation sites (N-methyl/N-ethyl adjacent to an activating group) is 1.